The minimum absolute atomic E-state index is 0.153. The van der Waals surface area contributed by atoms with Gasteiger partial charge in [0.1, 0.15) is 0 Å². The quantitative estimate of drug-likeness (QED) is 0.773. The standard InChI is InChI=1S/C20H26N4O.C2HF3O2/c1-16-3-5-17(6-4-16)14-23-10-7-20(8-11-23)9-12-24(19(20)25)18-13-21-22(2)15-18;3-2(4,5)1(6)7/h3-6,13,15H,7-12,14H2,1-2H3;(H,6,7). The van der Waals surface area contributed by atoms with E-state index in [0.717, 1.165) is 51.1 Å². The van der Waals surface area contributed by atoms with Gasteiger partial charge in [-0.2, -0.15) is 18.3 Å². The average Bonchev–Trinajstić information content (AvgIpc) is 3.29. The summed E-state index contributed by atoms with van der Waals surface area (Å²) in [6.45, 7) is 5.93. The number of likely N-dealkylation sites (tertiary alicyclic amines) is 1. The first-order valence-electron chi connectivity index (χ1n) is 10.4. The van der Waals surface area contributed by atoms with E-state index in [0.29, 0.717) is 5.91 Å². The molecule has 1 amide bonds. The molecule has 10 heteroatoms. The number of halogens is 3. The van der Waals surface area contributed by atoms with Crippen molar-refractivity contribution in [3.63, 3.8) is 0 Å². The lowest BCUT2D eigenvalue weighted by Gasteiger charge is -2.38. The summed E-state index contributed by atoms with van der Waals surface area (Å²) in [7, 11) is 1.89. The Kier molecular flexibility index (Phi) is 6.92. The van der Waals surface area contributed by atoms with Gasteiger partial charge in [-0.3, -0.25) is 14.4 Å². The molecule has 174 valence electrons. The van der Waals surface area contributed by atoms with Gasteiger partial charge in [-0.1, -0.05) is 29.8 Å². The fourth-order valence-electron chi connectivity index (χ4n) is 4.17. The van der Waals surface area contributed by atoms with Gasteiger partial charge in [-0.25, -0.2) is 4.79 Å². The summed E-state index contributed by atoms with van der Waals surface area (Å²) >= 11 is 0. The highest BCUT2D eigenvalue weighted by Gasteiger charge is 2.48. The van der Waals surface area contributed by atoms with Crippen LogP contribution in [0.1, 0.15) is 30.4 Å². The van der Waals surface area contributed by atoms with E-state index < -0.39 is 12.1 Å². The topological polar surface area (TPSA) is 78.7 Å². The lowest BCUT2D eigenvalue weighted by molar-refractivity contribution is -0.192. The fourth-order valence-corrected chi connectivity index (χ4v) is 4.17. The number of rotatable bonds is 3. The predicted octanol–water partition coefficient (Wildman–Crippen LogP) is 3.38. The normalized spacial score (nSPS) is 18.5. The van der Waals surface area contributed by atoms with Crippen LogP contribution in [0.15, 0.2) is 36.7 Å². The zero-order valence-electron chi connectivity index (χ0n) is 18.1. The summed E-state index contributed by atoms with van der Waals surface area (Å²) in [6.07, 6.45) is 1.55. The molecule has 1 spiro atoms. The molecule has 0 radical (unpaired) electrons. The van der Waals surface area contributed by atoms with Crippen LogP contribution in [-0.2, 0) is 23.2 Å². The van der Waals surface area contributed by atoms with E-state index in [1.165, 1.54) is 11.1 Å². The van der Waals surface area contributed by atoms with E-state index in [9.17, 15) is 18.0 Å². The molecule has 2 fully saturated rings. The number of amides is 1. The van der Waals surface area contributed by atoms with Gasteiger partial charge in [0.25, 0.3) is 0 Å². The summed E-state index contributed by atoms with van der Waals surface area (Å²) in [4.78, 5) is 26.4. The number of aromatic nitrogens is 2. The molecule has 7 nitrogen and oxygen atoms in total. The molecule has 0 aliphatic carbocycles. The van der Waals surface area contributed by atoms with E-state index in [-0.39, 0.29) is 5.41 Å². The number of nitrogens with zero attached hydrogens (tertiary/aromatic N) is 4. The maximum absolute atomic E-state index is 13.1. The lowest BCUT2D eigenvalue weighted by atomic mass is 9.77. The van der Waals surface area contributed by atoms with Gasteiger partial charge in [-0.15, -0.1) is 0 Å². The van der Waals surface area contributed by atoms with Gasteiger partial charge in [0.2, 0.25) is 5.91 Å². The van der Waals surface area contributed by atoms with E-state index in [4.69, 9.17) is 9.90 Å². The fraction of sp³-hybridized carbons (Fsp3) is 0.500. The number of carboxylic acids is 1. The number of anilines is 1. The number of hydrogen-bond acceptors (Lipinski definition) is 4. The van der Waals surface area contributed by atoms with Crippen molar-refractivity contribution in [2.45, 2.75) is 38.9 Å². The van der Waals surface area contributed by atoms with Crippen molar-refractivity contribution in [1.82, 2.24) is 14.7 Å². The average molecular weight is 452 g/mol. The lowest BCUT2D eigenvalue weighted by Crippen LogP contribution is -2.44. The molecule has 0 unspecified atom stereocenters. The molecule has 1 N–H and O–H groups in total. The molecule has 1 aromatic heterocycles. The third-order valence-corrected chi connectivity index (χ3v) is 6.10. The summed E-state index contributed by atoms with van der Waals surface area (Å²) < 4.78 is 33.5. The Morgan fingerprint density at radius 3 is 2.19 bits per heavy atom. The Bertz CT molecular complexity index is 948. The Morgan fingerprint density at radius 2 is 1.69 bits per heavy atom. The zero-order chi connectivity index (χ0) is 23.5. The Balaban J connectivity index is 0.000000360. The van der Waals surface area contributed by atoms with Crippen molar-refractivity contribution in [2.24, 2.45) is 12.5 Å². The number of benzene rings is 1. The highest BCUT2D eigenvalue weighted by molar-refractivity contribution is 5.99. The molecule has 32 heavy (non-hydrogen) atoms. The minimum Gasteiger partial charge on any atom is -0.475 e. The largest absolute Gasteiger partial charge is 0.490 e. The summed E-state index contributed by atoms with van der Waals surface area (Å²) in [5, 5.41) is 11.3. The maximum Gasteiger partial charge on any atom is 0.490 e. The van der Waals surface area contributed by atoms with E-state index in [1.807, 2.05) is 18.1 Å². The summed E-state index contributed by atoms with van der Waals surface area (Å²) in [5.41, 5.74) is 3.44. The second kappa shape index (κ2) is 9.32. The maximum atomic E-state index is 13.1. The van der Waals surface area contributed by atoms with E-state index in [1.54, 1.807) is 10.9 Å². The SMILES string of the molecule is Cc1ccc(CN2CCC3(CC2)CCN(c2cnn(C)c2)C3=O)cc1.O=C(O)C(F)(F)F. The molecule has 2 aliphatic rings. The zero-order valence-corrected chi connectivity index (χ0v) is 18.1. The van der Waals surface area contributed by atoms with Gasteiger partial charge in [-0.05, 0) is 44.8 Å². The Labute approximate surface area is 184 Å². The van der Waals surface area contributed by atoms with Crippen LogP contribution in [0.2, 0.25) is 0 Å². The van der Waals surface area contributed by atoms with Crippen molar-refractivity contribution >= 4 is 17.6 Å². The number of carbonyl (C=O) groups excluding carboxylic acids is 1. The first kappa shape index (κ1) is 23.8. The van der Waals surface area contributed by atoms with Gasteiger partial charge in [0.05, 0.1) is 17.3 Å². The number of carbonyl (C=O) groups is 2. The van der Waals surface area contributed by atoms with Crippen LogP contribution in [0.4, 0.5) is 18.9 Å². The molecule has 0 saturated carbocycles. The Morgan fingerprint density at radius 1 is 1.12 bits per heavy atom. The van der Waals surface area contributed by atoms with Gasteiger partial charge < -0.3 is 10.0 Å². The van der Waals surface area contributed by atoms with E-state index >= 15 is 0 Å². The summed E-state index contributed by atoms with van der Waals surface area (Å²) in [5.74, 6) is -2.46. The second-order valence-electron chi connectivity index (χ2n) is 8.42. The molecule has 2 saturated heterocycles. The van der Waals surface area contributed by atoms with Gasteiger partial charge in [0.15, 0.2) is 0 Å². The van der Waals surface area contributed by atoms with E-state index in [2.05, 4.69) is 41.2 Å². The second-order valence-corrected chi connectivity index (χ2v) is 8.42. The molecule has 4 rings (SSSR count). The molecule has 2 aromatic rings. The van der Waals surface area contributed by atoms with Gasteiger partial charge in [0, 0.05) is 26.3 Å². The Hall–Kier alpha value is -2.88. The van der Waals surface area contributed by atoms with Crippen molar-refractivity contribution in [3.8, 4) is 0 Å². The molecular formula is C22H27F3N4O3. The van der Waals surface area contributed by atoms with Crippen molar-refractivity contribution in [1.29, 1.82) is 0 Å². The number of alkyl halides is 3. The highest BCUT2D eigenvalue weighted by atomic mass is 19.4. The number of aliphatic carboxylic acids is 1. The molecule has 3 heterocycles. The minimum atomic E-state index is -5.08. The molecule has 1 aromatic carbocycles. The molecule has 2 aliphatic heterocycles. The van der Waals surface area contributed by atoms with Crippen LogP contribution in [0, 0.1) is 12.3 Å². The smallest absolute Gasteiger partial charge is 0.475 e. The molecule has 0 atom stereocenters. The molecule has 0 bridgehead atoms. The number of carboxylic acid groups (broad SMARTS) is 1. The molecular weight excluding hydrogens is 425 g/mol. The van der Waals surface area contributed by atoms with Crippen molar-refractivity contribution in [2.75, 3.05) is 24.5 Å². The number of hydrogen-bond donors (Lipinski definition) is 1. The first-order valence-corrected chi connectivity index (χ1v) is 10.4. The van der Waals surface area contributed by atoms with Crippen LogP contribution in [0.25, 0.3) is 0 Å². The monoisotopic (exact) mass is 452 g/mol. The predicted molar refractivity (Wildman–Crippen MR) is 112 cm³/mol. The van der Waals surface area contributed by atoms with Crippen molar-refractivity contribution in [3.05, 3.63) is 47.8 Å². The summed E-state index contributed by atoms with van der Waals surface area (Å²) in [6, 6.07) is 8.77. The number of piperidine rings is 1. The van der Waals surface area contributed by atoms with Crippen LogP contribution >= 0.6 is 0 Å². The third-order valence-electron chi connectivity index (χ3n) is 6.10. The first-order chi connectivity index (χ1) is 15.0. The van der Waals surface area contributed by atoms with Gasteiger partial charge >= 0.3 is 12.1 Å². The third kappa shape index (κ3) is 5.48. The van der Waals surface area contributed by atoms with Crippen LogP contribution in [-0.4, -0.2) is 57.5 Å². The number of aryl methyl sites for hydroxylation is 2. The highest BCUT2D eigenvalue weighted by Crippen LogP contribution is 2.43. The van der Waals surface area contributed by atoms with Crippen LogP contribution in [0.5, 0.6) is 0 Å². The van der Waals surface area contributed by atoms with Crippen LogP contribution in [0.3, 0.4) is 0 Å². The van der Waals surface area contributed by atoms with Crippen LogP contribution < -0.4 is 4.90 Å². The van der Waals surface area contributed by atoms with Crippen molar-refractivity contribution < 1.29 is 27.9 Å².